The Morgan fingerprint density at radius 3 is 2.63 bits per heavy atom. The second-order valence-electron chi connectivity index (χ2n) is 8.56. The molecule has 1 aliphatic heterocycles. The molecule has 1 aliphatic carbocycles. The van der Waals surface area contributed by atoms with Crippen molar-refractivity contribution in [2.75, 3.05) is 32.0 Å². The Labute approximate surface area is 177 Å². The highest BCUT2D eigenvalue weighted by Gasteiger charge is 2.23. The third-order valence-corrected chi connectivity index (χ3v) is 6.49. The summed E-state index contributed by atoms with van der Waals surface area (Å²) in [6.45, 7) is 2.11. The number of nitrogens with one attached hydrogen (secondary N) is 1. The van der Waals surface area contributed by atoms with Crippen molar-refractivity contribution in [2.45, 2.75) is 50.5 Å². The van der Waals surface area contributed by atoms with Gasteiger partial charge in [-0.05, 0) is 48.9 Å². The van der Waals surface area contributed by atoms with E-state index in [-0.39, 0.29) is 24.4 Å². The fraction of sp³-hybridized carbons (Fsp3) is 0.500. The van der Waals surface area contributed by atoms with Gasteiger partial charge in [0.05, 0.1) is 5.56 Å². The number of nitrogens with zero attached hydrogens (tertiary/aromatic N) is 2. The topological polar surface area (TPSA) is 71.2 Å². The molecule has 160 valence electrons. The number of aromatic nitrogens is 1. The second-order valence-corrected chi connectivity index (χ2v) is 8.56. The lowest BCUT2D eigenvalue weighted by molar-refractivity contribution is 0.0928. The molecule has 4 rings (SSSR count). The number of alkyl halides is 1. The molecule has 0 spiro atoms. The Kier molecular flexibility index (Phi) is 6.62. The molecular weight excluding hydrogens is 379 g/mol. The summed E-state index contributed by atoms with van der Waals surface area (Å²) in [5.41, 5.74) is 9.63. The van der Waals surface area contributed by atoms with Gasteiger partial charge in [-0.2, -0.15) is 0 Å². The van der Waals surface area contributed by atoms with Gasteiger partial charge in [-0.3, -0.25) is 4.79 Å². The van der Waals surface area contributed by atoms with Gasteiger partial charge in [-0.25, -0.2) is 9.37 Å². The molecule has 1 aromatic carbocycles. The number of nitrogen functional groups attached to an aromatic ring is 1. The molecule has 2 aromatic rings. The molecule has 3 N–H and O–H groups in total. The molecule has 1 amide bonds. The number of hydrogen-bond acceptors (Lipinski definition) is 4. The fourth-order valence-corrected chi connectivity index (χ4v) is 4.70. The summed E-state index contributed by atoms with van der Waals surface area (Å²) in [6, 6.07) is 10.5. The van der Waals surface area contributed by atoms with Crippen molar-refractivity contribution < 1.29 is 9.18 Å². The maximum Gasteiger partial charge on any atom is 0.255 e. The maximum atomic E-state index is 12.8. The van der Waals surface area contributed by atoms with Crippen molar-refractivity contribution in [1.82, 2.24) is 15.2 Å². The standard InChI is InChI=1S/C24H31FN4O/c25-11-13-29-12-10-19(16-29)17-6-8-18(9-7-17)20-14-22(23(26)27-15-20)24(30)28-21-4-2-1-3-5-21/h6-9,14-15,19,21H,1-5,10-13,16H2,(H2,26,27)(H,28,30). The maximum absolute atomic E-state index is 12.8. The zero-order valence-electron chi connectivity index (χ0n) is 17.4. The van der Waals surface area contributed by atoms with Crippen molar-refractivity contribution in [2.24, 2.45) is 0 Å². The van der Waals surface area contributed by atoms with Gasteiger partial charge in [0.2, 0.25) is 0 Å². The van der Waals surface area contributed by atoms with E-state index in [0.29, 0.717) is 18.0 Å². The zero-order chi connectivity index (χ0) is 20.9. The highest BCUT2D eigenvalue weighted by molar-refractivity contribution is 5.99. The lowest BCUT2D eigenvalue weighted by Crippen LogP contribution is -2.36. The number of benzene rings is 1. The normalized spacial score (nSPS) is 20.4. The van der Waals surface area contributed by atoms with Crippen LogP contribution in [0.15, 0.2) is 36.5 Å². The second kappa shape index (κ2) is 9.56. The predicted molar refractivity (Wildman–Crippen MR) is 118 cm³/mol. The number of likely N-dealkylation sites (tertiary alicyclic amines) is 1. The number of hydrogen-bond donors (Lipinski definition) is 2. The van der Waals surface area contributed by atoms with Crippen molar-refractivity contribution in [3.8, 4) is 11.1 Å². The van der Waals surface area contributed by atoms with E-state index in [2.05, 4.69) is 39.5 Å². The first-order valence-electron chi connectivity index (χ1n) is 11.1. The van der Waals surface area contributed by atoms with Crippen LogP contribution in [0.1, 0.15) is 60.4 Å². The van der Waals surface area contributed by atoms with Gasteiger partial charge in [0.1, 0.15) is 12.5 Å². The highest BCUT2D eigenvalue weighted by atomic mass is 19.1. The van der Waals surface area contributed by atoms with Crippen molar-refractivity contribution in [1.29, 1.82) is 0 Å². The van der Waals surface area contributed by atoms with Crippen molar-refractivity contribution >= 4 is 11.7 Å². The van der Waals surface area contributed by atoms with Crippen LogP contribution in [0.3, 0.4) is 0 Å². The molecule has 1 saturated heterocycles. The van der Waals surface area contributed by atoms with Gasteiger partial charge in [0.15, 0.2) is 0 Å². The molecule has 0 radical (unpaired) electrons. The van der Waals surface area contributed by atoms with E-state index in [9.17, 15) is 9.18 Å². The molecule has 2 fully saturated rings. The van der Waals surface area contributed by atoms with Crippen LogP contribution < -0.4 is 11.1 Å². The largest absolute Gasteiger partial charge is 0.383 e. The van der Waals surface area contributed by atoms with Gasteiger partial charge >= 0.3 is 0 Å². The summed E-state index contributed by atoms with van der Waals surface area (Å²) in [4.78, 5) is 19.2. The molecule has 2 aliphatic rings. The predicted octanol–water partition coefficient (Wildman–Crippen LogP) is 4.15. The Balaban J connectivity index is 1.46. The Bertz CT molecular complexity index is 864. The van der Waals surface area contributed by atoms with E-state index in [1.54, 1.807) is 6.20 Å². The fourth-order valence-electron chi connectivity index (χ4n) is 4.70. The van der Waals surface area contributed by atoms with Gasteiger partial charge in [-0.1, -0.05) is 43.5 Å². The number of carbonyl (C=O) groups excluding carboxylic acids is 1. The van der Waals surface area contributed by atoms with E-state index in [1.165, 1.54) is 12.0 Å². The molecular formula is C24H31FN4O. The first-order valence-corrected chi connectivity index (χ1v) is 11.1. The minimum Gasteiger partial charge on any atom is -0.383 e. The summed E-state index contributed by atoms with van der Waals surface area (Å²) in [7, 11) is 0. The van der Waals surface area contributed by atoms with Crippen LogP contribution in [-0.2, 0) is 0 Å². The average molecular weight is 411 g/mol. The van der Waals surface area contributed by atoms with E-state index in [0.717, 1.165) is 56.3 Å². The lowest BCUT2D eigenvalue weighted by Gasteiger charge is -2.23. The monoisotopic (exact) mass is 410 g/mol. The third kappa shape index (κ3) is 4.81. The number of nitrogens with two attached hydrogens (primary N) is 1. The Morgan fingerprint density at radius 1 is 1.13 bits per heavy atom. The van der Waals surface area contributed by atoms with Gasteiger partial charge in [0, 0.05) is 30.9 Å². The van der Waals surface area contributed by atoms with Crippen LogP contribution in [-0.4, -0.2) is 48.1 Å². The third-order valence-electron chi connectivity index (χ3n) is 6.49. The van der Waals surface area contributed by atoms with E-state index in [1.807, 2.05) is 6.07 Å². The number of rotatable bonds is 6. The Hall–Kier alpha value is -2.47. The molecule has 30 heavy (non-hydrogen) atoms. The van der Waals surface area contributed by atoms with Crippen molar-refractivity contribution in [3.63, 3.8) is 0 Å². The molecule has 1 atom stereocenters. The quantitative estimate of drug-likeness (QED) is 0.750. The zero-order valence-corrected chi connectivity index (χ0v) is 17.4. The SMILES string of the molecule is Nc1ncc(-c2ccc(C3CCN(CCF)C3)cc2)cc1C(=O)NC1CCCCC1. The van der Waals surface area contributed by atoms with Crippen LogP contribution in [0, 0.1) is 0 Å². The van der Waals surface area contributed by atoms with Crippen LogP contribution in [0.25, 0.3) is 11.1 Å². The molecule has 1 aromatic heterocycles. The number of carbonyl (C=O) groups is 1. The number of halogens is 1. The van der Waals surface area contributed by atoms with Crippen LogP contribution in [0.4, 0.5) is 10.2 Å². The number of pyridine rings is 1. The Morgan fingerprint density at radius 2 is 1.90 bits per heavy atom. The summed E-state index contributed by atoms with van der Waals surface area (Å²) < 4.78 is 12.6. The summed E-state index contributed by atoms with van der Waals surface area (Å²) >= 11 is 0. The van der Waals surface area contributed by atoms with Crippen LogP contribution in [0.5, 0.6) is 0 Å². The average Bonchev–Trinajstić information content (AvgIpc) is 3.24. The minimum absolute atomic E-state index is 0.135. The number of anilines is 1. The minimum atomic E-state index is -0.285. The van der Waals surface area contributed by atoms with Crippen LogP contribution >= 0.6 is 0 Å². The molecule has 6 heteroatoms. The van der Waals surface area contributed by atoms with E-state index >= 15 is 0 Å². The summed E-state index contributed by atoms with van der Waals surface area (Å²) in [6.07, 6.45) is 8.42. The molecule has 1 saturated carbocycles. The van der Waals surface area contributed by atoms with Gasteiger partial charge in [0.25, 0.3) is 5.91 Å². The summed E-state index contributed by atoms with van der Waals surface area (Å²) in [5, 5.41) is 3.13. The van der Waals surface area contributed by atoms with Crippen molar-refractivity contribution in [3.05, 3.63) is 47.7 Å². The van der Waals surface area contributed by atoms with Gasteiger partial charge in [-0.15, -0.1) is 0 Å². The van der Waals surface area contributed by atoms with E-state index < -0.39 is 0 Å². The number of amides is 1. The lowest BCUT2D eigenvalue weighted by atomic mass is 9.95. The van der Waals surface area contributed by atoms with Gasteiger partial charge < -0.3 is 16.0 Å². The molecule has 1 unspecified atom stereocenters. The summed E-state index contributed by atoms with van der Waals surface area (Å²) in [5.74, 6) is 0.582. The molecule has 5 nitrogen and oxygen atoms in total. The smallest absolute Gasteiger partial charge is 0.255 e. The molecule has 0 bridgehead atoms. The molecule has 2 heterocycles. The first kappa shape index (κ1) is 20.8. The van der Waals surface area contributed by atoms with Crippen LogP contribution in [0.2, 0.25) is 0 Å². The highest BCUT2D eigenvalue weighted by Crippen LogP contribution is 2.30. The van der Waals surface area contributed by atoms with E-state index in [4.69, 9.17) is 5.73 Å². The first-order chi connectivity index (χ1) is 14.6.